The van der Waals surface area contributed by atoms with Crippen molar-refractivity contribution in [3.8, 4) is 5.75 Å². The summed E-state index contributed by atoms with van der Waals surface area (Å²) in [6.45, 7) is 8.79. The van der Waals surface area contributed by atoms with Gasteiger partial charge >= 0.3 is 5.97 Å². The summed E-state index contributed by atoms with van der Waals surface area (Å²) in [6.07, 6.45) is 1.66. The van der Waals surface area contributed by atoms with Crippen molar-refractivity contribution in [2.75, 3.05) is 26.9 Å². The van der Waals surface area contributed by atoms with Crippen molar-refractivity contribution < 1.29 is 28.9 Å². The van der Waals surface area contributed by atoms with E-state index in [1.165, 1.54) is 5.56 Å². The SMILES string of the molecule is CCOCc1c(CCOC)ccc(C)c1OCC.O=C1CC[C@@H](C(=O)O)N1. The Balaban J connectivity index is 0.000000337. The average Bonchev–Trinajstić information content (AvgIpc) is 3.08. The van der Waals surface area contributed by atoms with Crippen molar-refractivity contribution in [3.63, 3.8) is 0 Å². The molecule has 0 radical (unpaired) electrons. The van der Waals surface area contributed by atoms with Crippen LogP contribution in [0.3, 0.4) is 0 Å². The molecule has 7 nitrogen and oxygen atoms in total. The minimum Gasteiger partial charge on any atom is -0.493 e. The third kappa shape index (κ3) is 7.56. The molecule has 1 aromatic rings. The first-order chi connectivity index (χ1) is 12.9. The number of carboxylic acids is 1. The van der Waals surface area contributed by atoms with Crippen molar-refractivity contribution in [2.45, 2.75) is 52.7 Å². The number of carboxylic acid groups (broad SMARTS) is 1. The van der Waals surface area contributed by atoms with Gasteiger partial charge in [0.15, 0.2) is 0 Å². The maximum absolute atomic E-state index is 10.4. The minimum atomic E-state index is -0.944. The molecular formula is C20H31NO6. The molecule has 0 aliphatic carbocycles. The van der Waals surface area contributed by atoms with Gasteiger partial charge in [0.1, 0.15) is 11.8 Å². The van der Waals surface area contributed by atoms with E-state index >= 15 is 0 Å². The first kappa shape index (κ1) is 22.9. The molecule has 2 rings (SSSR count). The fourth-order valence-electron chi connectivity index (χ4n) is 2.74. The molecule has 152 valence electrons. The zero-order chi connectivity index (χ0) is 20.2. The highest BCUT2D eigenvalue weighted by atomic mass is 16.5. The van der Waals surface area contributed by atoms with E-state index < -0.39 is 12.0 Å². The summed E-state index contributed by atoms with van der Waals surface area (Å²) < 4.78 is 16.5. The van der Waals surface area contributed by atoms with Crippen LogP contribution in [0.5, 0.6) is 5.75 Å². The second-order valence-electron chi connectivity index (χ2n) is 6.16. The Morgan fingerprint density at radius 1 is 1.30 bits per heavy atom. The summed E-state index contributed by atoms with van der Waals surface area (Å²) >= 11 is 0. The standard InChI is InChI=1S/C15H24O3.C5H7NO3/c1-5-17-11-14-13(9-10-16-4)8-7-12(3)15(14)18-6-2;7-4-2-1-3(6-4)5(8)9/h7-8H,5-6,9-11H2,1-4H3;3H,1-2H2,(H,6,7)(H,8,9)/t;3-/m.0/s1. The summed E-state index contributed by atoms with van der Waals surface area (Å²) in [5.74, 6) is -0.136. The smallest absolute Gasteiger partial charge is 0.326 e. The normalized spacial score (nSPS) is 15.7. The largest absolute Gasteiger partial charge is 0.493 e. The van der Waals surface area contributed by atoms with Gasteiger partial charge in [-0.1, -0.05) is 12.1 Å². The Hall–Kier alpha value is -2.12. The third-order valence-corrected chi connectivity index (χ3v) is 4.16. The molecule has 1 atom stereocenters. The number of hydrogen-bond donors (Lipinski definition) is 2. The zero-order valence-electron chi connectivity index (χ0n) is 16.7. The molecule has 1 aliphatic heterocycles. The second kappa shape index (κ2) is 12.3. The van der Waals surface area contributed by atoms with E-state index in [1.54, 1.807) is 7.11 Å². The molecule has 1 amide bonds. The number of aliphatic carboxylic acids is 1. The highest BCUT2D eigenvalue weighted by Crippen LogP contribution is 2.28. The number of rotatable bonds is 9. The van der Waals surface area contributed by atoms with Crippen LogP contribution in [0.4, 0.5) is 0 Å². The Morgan fingerprint density at radius 3 is 2.52 bits per heavy atom. The molecule has 2 N–H and O–H groups in total. The summed E-state index contributed by atoms with van der Waals surface area (Å²) in [5.41, 5.74) is 3.57. The number of hydrogen-bond acceptors (Lipinski definition) is 5. The Labute approximate surface area is 161 Å². The maximum atomic E-state index is 10.4. The molecule has 1 saturated heterocycles. The van der Waals surface area contributed by atoms with Gasteiger partial charge in [-0.05, 0) is 44.7 Å². The monoisotopic (exact) mass is 381 g/mol. The molecule has 0 spiro atoms. The Morgan fingerprint density at radius 2 is 2.04 bits per heavy atom. The van der Waals surface area contributed by atoms with Gasteiger partial charge in [-0.2, -0.15) is 0 Å². The molecule has 0 aromatic heterocycles. The maximum Gasteiger partial charge on any atom is 0.326 e. The minimum absolute atomic E-state index is 0.164. The number of methoxy groups -OCH3 is 1. The van der Waals surface area contributed by atoms with Gasteiger partial charge in [0.25, 0.3) is 0 Å². The van der Waals surface area contributed by atoms with Crippen LogP contribution >= 0.6 is 0 Å². The number of benzene rings is 1. The van der Waals surface area contributed by atoms with Crippen LogP contribution < -0.4 is 10.1 Å². The van der Waals surface area contributed by atoms with Crippen molar-refractivity contribution in [2.24, 2.45) is 0 Å². The zero-order valence-corrected chi connectivity index (χ0v) is 16.7. The first-order valence-electron chi connectivity index (χ1n) is 9.27. The lowest BCUT2D eigenvalue weighted by Crippen LogP contribution is -2.32. The fraction of sp³-hybridized carbons (Fsp3) is 0.600. The van der Waals surface area contributed by atoms with E-state index in [4.69, 9.17) is 19.3 Å². The first-order valence-corrected chi connectivity index (χ1v) is 9.27. The van der Waals surface area contributed by atoms with Gasteiger partial charge in [-0.25, -0.2) is 4.79 Å². The molecule has 0 saturated carbocycles. The molecule has 0 bridgehead atoms. The molecule has 1 fully saturated rings. The lowest BCUT2D eigenvalue weighted by atomic mass is 10.0. The van der Waals surface area contributed by atoms with E-state index in [-0.39, 0.29) is 5.91 Å². The predicted molar refractivity (Wildman–Crippen MR) is 102 cm³/mol. The number of aryl methyl sites for hydroxylation is 1. The number of nitrogens with one attached hydrogen (secondary N) is 1. The quantitative estimate of drug-likeness (QED) is 0.682. The lowest BCUT2D eigenvalue weighted by Gasteiger charge is -2.17. The van der Waals surface area contributed by atoms with Crippen LogP contribution in [-0.2, 0) is 32.1 Å². The van der Waals surface area contributed by atoms with Crippen LogP contribution in [0.25, 0.3) is 0 Å². The van der Waals surface area contributed by atoms with Gasteiger partial charge in [0.2, 0.25) is 5.91 Å². The van der Waals surface area contributed by atoms with Crippen LogP contribution in [0, 0.1) is 6.92 Å². The molecule has 1 aromatic carbocycles. The molecule has 27 heavy (non-hydrogen) atoms. The van der Waals surface area contributed by atoms with Crippen molar-refractivity contribution in [3.05, 3.63) is 28.8 Å². The van der Waals surface area contributed by atoms with Crippen molar-refractivity contribution in [1.82, 2.24) is 5.32 Å². The van der Waals surface area contributed by atoms with Crippen LogP contribution in [0.15, 0.2) is 12.1 Å². The van der Waals surface area contributed by atoms with Gasteiger partial charge in [0, 0.05) is 25.7 Å². The Bertz CT molecular complexity index is 617. The fourth-order valence-corrected chi connectivity index (χ4v) is 2.74. The van der Waals surface area contributed by atoms with Crippen LogP contribution in [0.2, 0.25) is 0 Å². The van der Waals surface area contributed by atoms with Gasteiger partial charge in [0.05, 0.1) is 19.8 Å². The van der Waals surface area contributed by atoms with Crippen LogP contribution in [-0.4, -0.2) is 50.0 Å². The molecule has 0 unspecified atom stereocenters. The van der Waals surface area contributed by atoms with Crippen molar-refractivity contribution >= 4 is 11.9 Å². The summed E-state index contributed by atoms with van der Waals surface area (Å²) in [4.78, 5) is 20.5. The summed E-state index contributed by atoms with van der Waals surface area (Å²) in [7, 11) is 1.72. The second-order valence-corrected chi connectivity index (χ2v) is 6.16. The van der Waals surface area contributed by atoms with Crippen molar-refractivity contribution in [1.29, 1.82) is 0 Å². The molecule has 1 heterocycles. The predicted octanol–water partition coefficient (Wildman–Crippen LogP) is 2.47. The topological polar surface area (TPSA) is 94.1 Å². The van der Waals surface area contributed by atoms with Crippen LogP contribution in [0.1, 0.15) is 43.4 Å². The summed E-state index contributed by atoms with van der Waals surface area (Å²) in [6, 6.07) is 3.61. The number of carbonyl (C=O) groups excluding carboxylic acids is 1. The highest BCUT2D eigenvalue weighted by molar-refractivity contribution is 5.87. The molecular weight excluding hydrogens is 350 g/mol. The summed E-state index contributed by atoms with van der Waals surface area (Å²) in [5, 5.41) is 10.6. The number of carbonyl (C=O) groups is 2. The molecule has 7 heteroatoms. The Kier molecular flexibility index (Phi) is 10.4. The van der Waals surface area contributed by atoms with Gasteiger partial charge < -0.3 is 24.6 Å². The van der Waals surface area contributed by atoms with E-state index in [2.05, 4.69) is 24.4 Å². The van der Waals surface area contributed by atoms with Gasteiger partial charge in [-0.3, -0.25) is 4.79 Å². The van der Waals surface area contributed by atoms with E-state index in [0.29, 0.717) is 39.3 Å². The number of amides is 1. The van der Waals surface area contributed by atoms with Gasteiger partial charge in [-0.15, -0.1) is 0 Å². The van der Waals surface area contributed by atoms with E-state index in [9.17, 15) is 9.59 Å². The third-order valence-electron chi connectivity index (χ3n) is 4.16. The average molecular weight is 381 g/mol. The van der Waals surface area contributed by atoms with E-state index in [1.807, 2.05) is 13.8 Å². The number of ether oxygens (including phenoxy) is 3. The molecule has 1 aliphatic rings. The lowest BCUT2D eigenvalue weighted by molar-refractivity contribution is -0.140. The van der Waals surface area contributed by atoms with E-state index in [0.717, 1.165) is 23.3 Å². The highest BCUT2D eigenvalue weighted by Gasteiger charge is 2.26.